The van der Waals surface area contributed by atoms with Crippen molar-refractivity contribution in [3.8, 4) is 0 Å². The summed E-state index contributed by atoms with van der Waals surface area (Å²) in [5.41, 5.74) is 7.91. The van der Waals surface area contributed by atoms with Crippen LogP contribution in [0.1, 0.15) is 74.1 Å². The zero-order valence-electron chi connectivity index (χ0n) is 23.9. The Labute approximate surface area is 222 Å². The number of nitrogens with one attached hydrogen (secondary N) is 1. The molecule has 1 N–H and O–H groups in total. The van der Waals surface area contributed by atoms with Crippen molar-refractivity contribution in [1.82, 2.24) is 15.3 Å². The van der Waals surface area contributed by atoms with E-state index in [0.29, 0.717) is 12.5 Å². The number of hydrogen-bond donors (Lipinski definition) is 1. The molecule has 5 aliphatic rings. The zero-order valence-corrected chi connectivity index (χ0v) is 23.9. The minimum absolute atomic E-state index is 0.0145. The van der Waals surface area contributed by atoms with Crippen LogP contribution < -0.4 is 5.43 Å². The van der Waals surface area contributed by atoms with Crippen molar-refractivity contribution in [2.45, 2.75) is 97.9 Å². The Morgan fingerprint density at radius 3 is 2.49 bits per heavy atom. The van der Waals surface area contributed by atoms with Gasteiger partial charge in [-0.2, -0.15) is 0 Å². The molecule has 2 heterocycles. The molecule has 4 unspecified atom stereocenters. The Morgan fingerprint density at radius 1 is 1.16 bits per heavy atom. The first-order valence-corrected chi connectivity index (χ1v) is 14.2. The number of nitrogens with zero attached hydrogens (tertiary/aromatic N) is 2. The summed E-state index contributed by atoms with van der Waals surface area (Å²) in [6.07, 6.45) is 5.53. The van der Waals surface area contributed by atoms with E-state index in [1.807, 2.05) is 0 Å². The molecular formula is C30H45N3O4. The number of hydrogen-bond acceptors (Lipinski definition) is 6. The van der Waals surface area contributed by atoms with Gasteiger partial charge in [-0.25, -0.2) is 5.01 Å². The van der Waals surface area contributed by atoms with Gasteiger partial charge in [0.15, 0.2) is 5.60 Å². The van der Waals surface area contributed by atoms with Gasteiger partial charge in [-0.05, 0) is 76.5 Å². The number of carbonyl (C=O) groups is 2. The molecule has 5 rings (SSSR count). The Balaban J connectivity index is 1.76. The van der Waals surface area contributed by atoms with Crippen molar-refractivity contribution in [1.29, 1.82) is 0 Å². The van der Waals surface area contributed by atoms with E-state index in [0.717, 1.165) is 43.6 Å². The molecule has 0 radical (unpaired) electrons. The van der Waals surface area contributed by atoms with Crippen LogP contribution in [-0.2, 0) is 19.1 Å². The molecule has 7 heteroatoms. The van der Waals surface area contributed by atoms with Crippen LogP contribution in [0.25, 0.3) is 0 Å². The highest BCUT2D eigenvalue weighted by atomic mass is 16.6. The Hall–Kier alpha value is -2.12. The number of amides is 1. The predicted molar refractivity (Wildman–Crippen MR) is 143 cm³/mol. The third-order valence-corrected chi connectivity index (χ3v) is 9.69. The second kappa shape index (κ2) is 9.57. The summed E-state index contributed by atoms with van der Waals surface area (Å²) in [7, 11) is 1.69. The van der Waals surface area contributed by atoms with E-state index in [4.69, 9.17) is 9.47 Å². The summed E-state index contributed by atoms with van der Waals surface area (Å²) in [5.74, 6) is 1.35. The van der Waals surface area contributed by atoms with Crippen molar-refractivity contribution in [3.05, 3.63) is 34.1 Å². The first-order chi connectivity index (χ1) is 17.5. The van der Waals surface area contributed by atoms with Gasteiger partial charge in [-0.1, -0.05) is 19.4 Å². The van der Waals surface area contributed by atoms with E-state index in [-0.39, 0.29) is 47.8 Å². The first kappa shape index (κ1) is 26.5. The fourth-order valence-electron chi connectivity index (χ4n) is 8.45. The maximum atomic E-state index is 14.4. The molecule has 1 saturated heterocycles. The number of allylic oxidation sites excluding steroid dienone is 2. The second-order valence-corrected chi connectivity index (χ2v) is 12.4. The lowest BCUT2D eigenvalue weighted by Crippen LogP contribution is -2.59. The summed E-state index contributed by atoms with van der Waals surface area (Å²) in [6, 6.07) is 0.525. The zero-order chi connectivity index (χ0) is 26.8. The molecule has 1 amide bonds. The summed E-state index contributed by atoms with van der Waals surface area (Å²) in [4.78, 5) is 29.1. The molecule has 0 aromatic carbocycles. The average Bonchev–Trinajstić information content (AvgIpc) is 3.14. The van der Waals surface area contributed by atoms with Gasteiger partial charge in [0.1, 0.15) is 5.76 Å². The molecule has 204 valence electrons. The Kier molecular flexibility index (Phi) is 6.85. The molecule has 3 aliphatic carbocycles. The van der Waals surface area contributed by atoms with Crippen LogP contribution in [0, 0.1) is 23.7 Å². The number of esters is 1. The topological polar surface area (TPSA) is 71.1 Å². The molecule has 0 spiro atoms. The normalized spacial score (nSPS) is 35.2. The minimum Gasteiger partial charge on any atom is -0.497 e. The van der Waals surface area contributed by atoms with E-state index in [1.165, 1.54) is 23.6 Å². The van der Waals surface area contributed by atoms with E-state index < -0.39 is 5.60 Å². The van der Waals surface area contributed by atoms with Gasteiger partial charge >= 0.3 is 5.97 Å². The Bertz CT molecular complexity index is 1060. The summed E-state index contributed by atoms with van der Waals surface area (Å²) < 4.78 is 12.3. The summed E-state index contributed by atoms with van der Waals surface area (Å²) in [6.45, 7) is 16.0. The minimum atomic E-state index is -0.846. The van der Waals surface area contributed by atoms with Crippen molar-refractivity contribution >= 4 is 11.9 Å². The number of methoxy groups -OCH3 is 1. The van der Waals surface area contributed by atoms with Crippen molar-refractivity contribution in [2.24, 2.45) is 23.7 Å². The number of rotatable bonds is 5. The van der Waals surface area contributed by atoms with Crippen LogP contribution in [0.3, 0.4) is 0 Å². The van der Waals surface area contributed by atoms with E-state index >= 15 is 0 Å². The third-order valence-electron chi connectivity index (χ3n) is 9.69. The summed E-state index contributed by atoms with van der Waals surface area (Å²) >= 11 is 0. The highest BCUT2D eigenvalue weighted by Gasteiger charge is 2.58. The van der Waals surface area contributed by atoms with Crippen LogP contribution in [0.15, 0.2) is 34.1 Å². The number of carbonyl (C=O) groups excluding carboxylic acids is 2. The Morgan fingerprint density at radius 2 is 1.86 bits per heavy atom. The van der Waals surface area contributed by atoms with Gasteiger partial charge < -0.3 is 14.4 Å². The lowest BCUT2D eigenvalue weighted by Gasteiger charge is -2.52. The van der Waals surface area contributed by atoms with Crippen LogP contribution in [0.5, 0.6) is 0 Å². The van der Waals surface area contributed by atoms with Gasteiger partial charge in [-0.3, -0.25) is 15.0 Å². The molecule has 7 nitrogen and oxygen atoms in total. The average molecular weight is 512 g/mol. The fourth-order valence-corrected chi connectivity index (χ4v) is 8.45. The third kappa shape index (κ3) is 3.91. The molecule has 0 aromatic heterocycles. The maximum absolute atomic E-state index is 14.4. The SMILES string of the molecule is COC1=CCC2=C3CC4C5C(C(=O)N(C(C)C)C(C)C)=C3CCC2[C@]1(OC(C)=O)[C@@H](C)CNN4CC5C. The molecule has 0 aromatic rings. The molecule has 37 heavy (non-hydrogen) atoms. The lowest BCUT2D eigenvalue weighted by molar-refractivity contribution is -0.171. The van der Waals surface area contributed by atoms with Gasteiger partial charge in [0.2, 0.25) is 0 Å². The molecule has 2 aliphatic heterocycles. The van der Waals surface area contributed by atoms with Crippen LogP contribution >= 0.6 is 0 Å². The molecule has 1 fully saturated rings. The first-order valence-electron chi connectivity index (χ1n) is 14.2. The number of hydrazine groups is 1. The predicted octanol–water partition coefficient (Wildman–Crippen LogP) is 4.37. The van der Waals surface area contributed by atoms with Crippen LogP contribution in [-0.4, -0.2) is 65.7 Å². The van der Waals surface area contributed by atoms with E-state index in [1.54, 1.807) is 7.11 Å². The van der Waals surface area contributed by atoms with Gasteiger partial charge in [-0.15, -0.1) is 0 Å². The maximum Gasteiger partial charge on any atom is 0.303 e. The molecule has 0 saturated carbocycles. The van der Waals surface area contributed by atoms with E-state index in [2.05, 4.69) is 63.0 Å². The second-order valence-electron chi connectivity index (χ2n) is 12.4. The highest BCUT2D eigenvalue weighted by molar-refractivity contribution is 5.97. The molecule has 5 bridgehead atoms. The van der Waals surface area contributed by atoms with Crippen LogP contribution in [0.4, 0.5) is 0 Å². The van der Waals surface area contributed by atoms with Crippen molar-refractivity contribution in [3.63, 3.8) is 0 Å². The highest BCUT2D eigenvalue weighted by Crippen LogP contribution is 2.57. The smallest absolute Gasteiger partial charge is 0.303 e. The monoisotopic (exact) mass is 511 g/mol. The standard InChI is InChI=1S/C30H45N3O4/c1-16(2)33(17(3)4)29(35)28-22-9-11-24-21-10-12-26(36-8)30(24,37-20(7)34)19(6)14-31-32-15-18(5)27(28)25(32)13-23(21)22/h12,16-19,24-25,27,31H,9-11,13-15H2,1-8H3/t18?,19-,24?,25?,27?,30+/m0/s1. The summed E-state index contributed by atoms with van der Waals surface area (Å²) in [5, 5.41) is 2.39. The fraction of sp³-hybridized carbons (Fsp3) is 0.733. The lowest BCUT2D eigenvalue weighted by atomic mass is 9.59. The van der Waals surface area contributed by atoms with Gasteiger partial charge in [0.25, 0.3) is 5.91 Å². The number of ether oxygens (including phenoxy) is 2. The van der Waals surface area contributed by atoms with E-state index in [9.17, 15) is 9.59 Å². The quantitative estimate of drug-likeness (QED) is 0.553. The van der Waals surface area contributed by atoms with Crippen LogP contribution in [0.2, 0.25) is 0 Å². The van der Waals surface area contributed by atoms with Gasteiger partial charge in [0, 0.05) is 61.5 Å². The molecule has 6 atom stereocenters. The van der Waals surface area contributed by atoms with Gasteiger partial charge in [0.05, 0.1) is 7.11 Å². The van der Waals surface area contributed by atoms with Crippen molar-refractivity contribution in [2.75, 3.05) is 20.2 Å². The molecular weight excluding hydrogens is 466 g/mol. The largest absolute Gasteiger partial charge is 0.497 e. The van der Waals surface area contributed by atoms with Crippen molar-refractivity contribution < 1.29 is 19.1 Å².